The molecular formula is C22H16BrN3OS. The lowest BCUT2D eigenvalue weighted by molar-refractivity contribution is 0.262. The number of rotatable bonds is 4. The average molecular weight is 450 g/mol. The fourth-order valence-corrected chi connectivity index (χ4v) is 4.07. The van der Waals surface area contributed by atoms with Gasteiger partial charge in [0.05, 0.1) is 10.2 Å². The highest BCUT2D eigenvalue weighted by Crippen LogP contribution is 2.26. The van der Waals surface area contributed by atoms with E-state index in [-0.39, 0.29) is 6.03 Å². The number of amides is 2. The second-order valence-electron chi connectivity index (χ2n) is 6.06. The molecule has 4 aromatic rings. The zero-order valence-corrected chi connectivity index (χ0v) is 17.1. The smallest absolute Gasteiger partial charge is 0.308 e. The van der Waals surface area contributed by atoms with E-state index in [1.165, 1.54) is 0 Å². The number of aromatic nitrogens is 1. The Labute approximate surface area is 175 Å². The maximum Gasteiger partial charge on any atom is 0.323 e. The van der Waals surface area contributed by atoms with E-state index in [0.29, 0.717) is 0 Å². The number of nitrogens with one attached hydrogen (secondary N) is 2. The van der Waals surface area contributed by atoms with E-state index in [0.717, 1.165) is 36.6 Å². The van der Waals surface area contributed by atoms with E-state index in [2.05, 4.69) is 37.6 Å². The molecule has 0 atom stereocenters. The number of anilines is 2. The summed E-state index contributed by atoms with van der Waals surface area (Å²) in [5.74, 6) is 0. The number of nitrogens with zero attached hydrogens (tertiary/aromatic N) is 1. The normalized spacial score (nSPS) is 11.0. The summed E-state index contributed by atoms with van der Waals surface area (Å²) in [6.45, 7) is 0. The van der Waals surface area contributed by atoms with Crippen molar-refractivity contribution in [2.75, 3.05) is 10.6 Å². The Morgan fingerprint density at radius 1 is 0.893 bits per heavy atom. The molecule has 0 saturated carbocycles. The number of thiazole rings is 1. The van der Waals surface area contributed by atoms with E-state index in [1.807, 2.05) is 78.9 Å². The van der Waals surface area contributed by atoms with Gasteiger partial charge in [0, 0.05) is 15.8 Å². The molecule has 4 nitrogen and oxygen atoms in total. The fraction of sp³-hybridized carbons (Fsp3) is 0. The summed E-state index contributed by atoms with van der Waals surface area (Å²) >= 11 is 5.14. The van der Waals surface area contributed by atoms with Crippen LogP contribution in [0.25, 0.3) is 22.4 Å². The van der Waals surface area contributed by atoms with Gasteiger partial charge in [-0.05, 0) is 54.1 Å². The highest BCUT2D eigenvalue weighted by Gasteiger charge is 2.03. The van der Waals surface area contributed by atoms with Crippen molar-refractivity contribution in [3.05, 3.63) is 87.8 Å². The van der Waals surface area contributed by atoms with E-state index >= 15 is 0 Å². The van der Waals surface area contributed by atoms with Crippen molar-refractivity contribution in [3.63, 3.8) is 0 Å². The number of urea groups is 1. The molecule has 1 heterocycles. The Morgan fingerprint density at radius 2 is 1.61 bits per heavy atom. The van der Waals surface area contributed by atoms with Crippen LogP contribution < -0.4 is 10.6 Å². The summed E-state index contributed by atoms with van der Waals surface area (Å²) in [7, 11) is 0. The van der Waals surface area contributed by atoms with E-state index in [4.69, 9.17) is 0 Å². The van der Waals surface area contributed by atoms with Gasteiger partial charge in [0.1, 0.15) is 5.01 Å². The first-order chi connectivity index (χ1) is 13.7. The second kappa shape index (κ2) is 8.37. The van der Waals surface area contributed by atoms with Gasteiger partial charge >= 0.3 is 6.03 Å². The predicted molar refractivity (Wildman–Crippen MR) is 122 cm³/mol. The quantitative estimate of drug-likeness (QED) is 0.356. The number of halogens is 1. The van der Waals surface area contributed by atoms with Crippen molar-refractivity contribution in [1.82, 2.24) is 4.98 Å². The van der Waals surface area contributed by atoms with Crippen LogP contribution in [-0.2, 0) is 0 Å². The Bertz CT molecular complexity index is 1140. The summed E-state index contributed by atoms with van der Waals surface area (Å²) in [6.07, 6.45) is 4.02. The molecule has 138 valence electrons. The monoisotopic (exact) mass is 449 g/mol. The van der Waals surface area contributed by atoms with E-state index in [9.17, 15) is 4.79 Å². The summed E-state index contributed by atoms with van der Waals surface area (Å²) in [6, 6.07) is 22.8. The molecule has 0 aliphatic carbocycles. The summed E-state index contributed by atoms with van der Waals surface area (Å²) in [5.41, 5.74) is 3.52. The molecule has 3 aromatic carbocycles. The predicted octanol–water partition coefficient (Wildman–Crippen LogP) is 6.87. The Morgan fingerprint density at radius 3 is 2.36 bits per heavy atom. The van der Waals surface area contributed by atoms with Gasteiger partial charge in [0.2, 0.25) is 0 Å². The number of hydrogen-bond acceptors (Lipinski definition) is 3. The zero-order chi connectivity index (χ0) is 19.3. The number of carbonyl (C=O) groups excluding carboxylic acids is 1. The SMILES string of the molecule is O=C(Nc1ccccc1)Nc1ccc(C=Cc2nc3ccc(Br)cc3s2)cc1. The molecule has 0 aliphatic rings. The van der Waals surface area contributed by atoms with E-state index < -0.39 is 0 Å². The Kier molecular flexibility index (Phi) is 5.50. The molecule has 0 fully saturated rings. The Hall–Kier alpha value is -2.96. The molecular weight excluding hydrogens is 434 g/mol. The third-order valence-corrected chi connectivity index (χ3v) is 5.46. The Balaban J connectivity index is 1.39. The number of para-hydroxylation sites is 1. The minimum atomic E-state index is -0.268. The van der Waals surface area contributed by atoms with Crippen LogP contribution in [0, 0.1) is 0 Å². The minimum Gasteiger partial charge on any atom is -0.308 e. The lowest BCUT2D eigenvalue weighted by atomic mass is 10.2. The van der Waals surface area contributed by atoms with Gasteiger partial charge < -0.3 is 10.6 Å². The molecule has 0 spiro atoms. The molecule has 0 aliphatic heterocycles. The number of hydrogen-bond donors (Lipinski definition) is 2. The van der Waals surface area contributed by atoms with Crippen molar-refractivity contribution in [1.29, 1.82) is 0 Å². The standard InChI is InChI=1S/C22H16BrN3OS/c23-16-9-12-19-20(14-16)28-21(26-19)13-8-15-6-10-18(11-7-15)25-22(27)24-17-4-2-1-3-5-17/h1-14H,(H2,24,25,27). The first kappa shape index (κ1) is 18.4. The van der Waals surface area contributed by atoms with Gasteiger partial charge in [-0.1, -0.05) is 52.3 Å². The topological polar surface area (TPSA) is 54.0 Å². The molecule has 0 saturated heterocycles. The van der Waals surface area contributed by atoms with Crippen molar-refractivity contribution < 1.29 is 4.79 Å². The second-order valence-corrected chi connectivity index (χ2v) is 8.04. The molecule has 2 N–H and O–H groups in total. The van der Waals surface area contributed by atoms with Crippen LogP contribution in [0.1, 0.15) is 10.6 Å². The largest absolute Gasteiger partial charge is 0.323 e. The highest BCUT2D eigenvalue weighted by molar-refractivity contribution is 9.10. The van der Waals surface area contributed by atoms with Crippen molar-refractivity contribution in [2.24, 2.45) is 0 Å². The molecule has 0 unspecified atom stereocenters. The van der Waals surface area contributed by atoms with Crippen molar-refractivity contribution in [2.45, 2.75) is 0 Å². The van der Waals surface area contributed by atoms with Crippen molar-refractivity contribution >= 4 is 67.0 Å². The van der Waals surface area contributed by atoms with Gasteiger partial charge in [-0.3, -0.25) is 0 Å². The molecule has 2 amide bonds. The van der Waals surface area contributed by atoms with Crippen LogP contribution in [0.4, 0.5) is 16.2 Å². The average Bonchev–Trinajstić information content (AvgIpc) is 3.10. The first-order valence-electron chi connectivity index (χ1n) is 8.63. The van der Waals surface area contributed by atoms with E-state index in [1.54, 1.807) is 11.3 Å². The molecule has 28 heavy (non-hydrogen) atoms. The fourth-order valence-electron chi connectivity index (χ4n) is 2.65. The van der Waals surface area contributed by atoms with Crippen LogP contribution in [0.3, 0.4) is 0 Å². The molecule has 6 heteroatoms. The third-order valence-electron chi connectivity index (χ3n) is 3.99. The highest BCUT2D eigenvalue weighted by atomic mass is 79.9. The van der Waals surface area contributed by atoms with Crippen molar-refractivity contribution in [3.8, 4) is 0 Å². The van der Waals surface area contributed by atoms with Crippen LogP contribution in [0.5, 0.6) is 0 Å². The minimum absolute atomic E-state index is 0.268. The molecule has 4 rings (SSSR count). The summed E-state index contributed by atoms with van der Waals surface area (Å²) < 4.78 is 2.21. The molecule has 1 aromatic heterocycles. The van der Waals surface area contributed by atoms with Crippen LogP contribution >= 0.6 is 27.3 Å². The lowest BCUT2D eigenvalue weighted by Gasteiger charge is -2.07. The summed E-state index contributed by atoms with van der Waals surface area (Å²) in [4.78, 5) is 16.7. The van der Waals surface area contributed by atoms with Crippen LogP contribution in [0.15, 0.2) is 77.3 Å². The van der Waals surface area contributed by atoms with Gasteiger partial charge in [-0.2, -0.15) is 0 Å². The van der Waals surface area contributed by atoms with Crippen LogP contribution in [0.2, 0.25) is 0 Å². The van der Waals surface area contributed by atoms with Gasteiger partial charge in [-0.15, -0.1) is 11.3 Å². The molecule has 0 radical (unpaired) electrons. The van der Waals surface area contributed by atoms with Crippen LogP contribution in [-0.4, -0.2) is 11.0 Å². The lowest BCUT2D eigenvalue weighted by Crippen LogP contribution is -2.19. The van der Waals surface area contributed by atoms with Gasteiger partial charge in [-0.25, -0.2) is 9.78 Å². The summed E-state index contributed by atoms with van der Waals surface area (Å²) in [5, 5.41) is 6.58. The molecule has 0 bridgehead atoms. The third kappa shape index (κ3) is 4.65. The maximum atomic E-state index is 12.0. The van der Waals surface area contributed by atoms with Gasteiger partial charge in [0.15, 0.2) is 0 Å². The zero-order valence-electron chi connectivity index (χ0n) is 14.7. The number of fused-ring (bicyclic) bond motifs is 1. The van der Waals surface area contributed by atoms with Gasteiger partial charge in [0.25, 0.3) is 0 Å². The maximum absolute atomic E-state index is 12.0. The number of carbonyl (C=O) groups is 1. The first-order valence-corrected chi connectivity index (χ1v) is 10.2. The number of benzene rings is 3.